The van der Waals surface area contributed by atoms with Crippen LogP contribution in [0, 0.1) is 6.92 Å². The van der Waals surface area contributed by atoms with Crippen molar-refractivity contribution < 1.29 is 9.84 Å². The van der Waals surface area contributed by atoms with Crippen LogP contribution in [0.5, 0.6) is 5.75 Å². The Bertz CT molecular complexity index is 509. The van der Waals surface area contributed by atoms with Crippen molar-refractivity contribution in [3.63, 3.8) is 0 Å². The first-order valence-electron chi connectivity index (χ1n) is 5.38. The Hall–Kier alpha value is -1.61. The normalized spacial score (nSPS) is 10.9. The van der Waals surface area contributed by atoms with Crippen LogP contribution in [0.3, 0.4) is 0 Å². The van der Waals surface area contributed by atoms with E-state index in [-0.39, 0.29) is 5.75 Å². The number of aromatic hydroxyl groups is 1. The number of aromatic nitrogens is 1. The molecule has 3 nitrogen and oxygen atoms in total. The third kappa shape index (κ3) is 1.99. The predicted octanol–water partition coefficient (Wildman–Crippen LogP) is 2.79. The topological polar surface area (TPSA) is 42.4 Å². The van der Waals surface area contributed by atoms with Gasteiger partial charge in [-0.1, -0.05) is 12.1 Å². The van der Waals surface area contributed by atoms with Crippen LogP contribution in [0.2, 0.25) is 0 Å². The minimum atomic E-state index is 0.221. The van der Waals surface area contributed by atoms with Crippen LogP contribution >= 0.6 is 0 Å². The molecule has 0 bridgehead atoms. The number of pyridine rings is 1. The number of aryl methyl sites for hydroxylation is 1. The molecule has 1 aromatic heterocycles. The quantitative estimate of drug-likeness (QED) is 0.859. The molecule has 0 amide bonds. The second-order valence-corrected chi connectivity index (χ2v) is 3.73. The van der Waals surface area contributed by atoms with Gasteiger partial charge in [-0.15, -0.1) is 0 Å². The molecule has 2 aromatic rings. The summed E-state index contributed by atoms with van der Waals surface area (Å²) in [5.41, 5.74) is 2.61. The average Bonchev–Trinajstić information content (AvgIpc) is 2.29. The Morgan fingerprint density at radius 2 is 2.06 bits per heavy atom. The number of phenolic OH excluding ortho intramolecular Hbond substituents is 1. The molecule has 0 saturated heterocycles. The SMILES string of the molecule is CCOCc1ccc(O)c2nc(C)ccc12. The van der Waals surface area contributed by atoms with E-state index in [9.17, 15) is 5.11 Å². The molecular weight excluding hydrogens is 202 g/mol. The number of ether oxygens (including phenoxy) is 1. The van der Waals surface area contributed by atoms with E-state index in [4.69, 9.17) is 4.74 Å². The van der Waals surface area contributed by atoms with Crippen molar-refractivity contribution in [3.05, 3.63) is 35.5 Å². The summed E-state index contributed by atoms with van der Waals surface area (Å²) in [6.45, 7) is 5.11. The fourth-order valence-electron chi connectivity index (χ4n) is 1.70. The van der Waals surface area contributed by atoms with E-state index in [1.807, 2.05) is 32.0 Å². The van der Waals surface area contributed by atoms with E-state index >= 15 is 0 Å². The minimum absolute atomic E-state index is 0.221. The number of fused-ring (bicyclic) bond motifs is 1. The highest BCUT2D eigenvalue weighted by Crippen LogP contribution is 2.26. The Labute approximate surface area is 94.7 Å². The van der Waals surface area contributed by atoms with Gasteiger partial charge >= 0.3 is 0 Å². The van der Waals surface area contributed by atoms with Crippen LogP contribution in [-0.4, -0.2) is 16.7 Å². The molecular formula is C13H15NO2. The first kappa shape index (κ1) is 10.9. The van der Waals surface area contributed by atoms with Crippen LogP contribution in [0.25, 0.3) is 10.9 Å². The van der Waals surface area contributed by atoms with Gasteiger partial charge in [0.1, 0.15) is 11.3 Å². The van der Waals surface area contributed by atoms with E-state index in [0.717, 1.165) is 16.6 Å². The van der Waals surface area contributed by atoms with Crippen molar-refractivity contribution in [2.75, 3.05) is 6.61 Å². The summed E-state index contributed by atoms with van der Waals surface area (Å²) < 4.78 is 5.39. The van der Waals surface area contributed by atoms with Gasteiger partial charge in [-0.05, 0) is 31.5 Å². The largest absolute Gasteiger partial charge is 0.506 e. The zero-order valence-electron chi connectivity index (χ0n) is 9.53. The van der Waals surface area contributed by atoms with Crippen LogP contribution in [-0.2, 0) is 11.3 Å². The molecule has 0 atom stereocenters. The second kappa shape index (κ2) is 4.49. The van der Waals surface area contributed by atoms with Gasteiger partial charge in [0.05, 0.1) is 6.61 Å². The molecule has 2 rings (SSSR count). The smallest absolute Gasteiger partial charge is 0.141 e. The number of rotatable bonds is 3. The van der Waals surface area contributed by atoms with Crippen LogP contribution < -0.4 is 0 Å². The molecule has 0 radical (unpaired) electrons. The fraction of sp³-hybridized carbons (Fsp3) is 0.308. The maximum Gasteiger partial charge on any atom is 0.141 e. The minimum Gasteiger partial charge on any atom is -0.506 e. The standard InChI is InChI=1S/C13H15NO2/c1-3-16-8-10-5-7-12(15)13-11(10)6-4-9(2)14-13/h4-7,15H,3,8H2,1-2H3. The van der Waals surface area contributed by atoms with Gasteiger partial charge in [0, 0.05) is 17.7 Å². The van der Waals surface area contributed by atoms with Crippen molar-refractivity contribution in [1.82, 2.24) is 4.98 Å². The summed E-state index contributed by atoms with van der Waals surface area (Å²) in [5, 5.41) is 10.7. The first-order chi connectivity index (χ1) is 7.72. The van der Waals surface area contributed by atoms with E-state index in [0.29, 0.717) is 18.7 Å². The van der Waals surface area contributed by atoms with Gasteiger partial charge in [-0.3, -0.25) is 0 Å². The van der Waals surface area contributed by atoms with Gasteiger partial charge in [0.2, 0.25) is 0 Å². The summed E-state index contributed by atoms with van der Waals surface area (Å²) in [6.07, 6.45) is 0. The van der Waals surface area contributed by atoms with Gasteiger partial charge in [0.15, 0.2) is 0 Å². The number of hydrogen-bond donors (Lipinski definition) is 1. The van der Waals surface area contributed by atoms with Gasteiger partial charge in [-0.25, -0.2) is 4.98 Å². The lowest BCUT2D eigenvalue weighted by atomic mass is 10.1. The molecule has 1 aromatic carbocycles. The van der Waals surface area contributed by atoms with Crippen molar-refractivity contribution in [3.8, 4) is 5.75 Å². The third-order valence-corrected chi connectivity index (χ3v) is 2.53. The summed E-state index contributed by atoms with van der Waals surface area (Å²) in [4.78, 5) is 4.34. The Kier molecular flexibility index (Phi) is 3.06. The highest BCUT2D eigenvalue weighted by molar-refractivity contribution is 5.87. The second-order valence-electron chi connectivity index (χ2n) is 3.73. The molecule has 0 saturated carbocycles. The average molecular weight is 217 g/mol. The van der Waals surface area contributed by atoms with E-state index in [2.05, 4.69) is 4.98 Å². The maximum atomic E-state index is 9.74. The molecule has 1 heterocycles. The van der Waals surface area contributed by atoms with Crippen molar-refractivity contribution in [2.45, 2.75) is 20.5 Å². The molecule has 1 N–H and O–H groups in total. The number of hydrogen-bond acceptors (Lipinski definition) is 3. The number of benzene rings is 1. The zero-order chi connectivity index (χ0) is 11.5. The molecule has 0 unspecified atom stereocenters. The summed E-state index contributed by atoms with van der Waals surface area (Å²) in [6, 6.07) is 7.47. The van der Waals surface area contributed by atoms with Crippen molar-refractivity contribution in [2.24, 2.45) is 0 Å². The fourth-order valence-corrected chi connectivity index (χ4v) is 1.70. The van der Waals surface area contributed by atoms with E-state index in [1.165, 1.54) is 0 Å². The number of phenols is 1. The van der Waals surface area contributed by atoms with Crippen molar-refractivity contribution >= 4 is 10.9 Å². The van der Waals surface area contributed by atoms with E-state index < -0.39 is 0 Å². The zero-order valence-corrected chi connectivity index (χ0v) is 9.53. The monoisotopic (exact) mass is 217 g/mol. The Morgan fingerprint density at radius 3 is 2.81 bits per heavy atom. The summed E-state index contributed by atoms with van der Waals surface area (Å²) in [7, 11) is 0. The lowest BCUT2D eigenvalue weighted by Gasteiger charge is -2.08. The first-order valence-corrected chi connectivity index (χ1v) is 5.38. The van der Waals surface area contributed by atoms with Crippen molar-refractivity contribution in [1.29, 1.82) is 0 Å². The Balaban J connectivity index is 2.55. The lowest BCUT2D eigenvalue weighted by Crippen LogP contribution is -1.94. The maximum absolute atomic E-state index is 9.74. The van der Waals surface area contributed by atoms with Crippen LogP contribution in [0.15, 0.2) is 24.3 Å². The van der Waals surface area contributed by atoms with Crippen LogP contribution in [0.4, 0.5) is 0 Å². The molecule has 0 fully saturated rings. The predicted molar refractivity (Wildman–Crippen MR) is 63.5 cm³/mol. The van der Waals surface area contributed by atoms with Gasteiger partial charge in [-0.2, -0.15) is 0 Å². The number of nitrogens with zero attached hydrogens (tertiary/aromatic N) is 1. The summed E-state index contributed by atoms with van der Waals surface area (Å²) >= 11 is 0. The van der Waals surface area contributed by atoms with E-state index in [1.54, 1.807) is 6.07 Å². The highest BCUT2D eigenvalue weighted by Gasteiger charge is 2.06. The molecule has 0 spiro atoms. The van der Waals surface area contributed by atoms with Gasteiger partial charge < -0.3 is 9.84 Å². The van der Waals surface area contributed by atoms with Crippen LogP contribution in [0.1, 0.15) is 18.2 Å². The molecule has 0 aliphatic carbocycles. The molecule has 84 valence electrons. The molecule has 0 aliphatic rings. The Morgan fingerprint density at radius 1 is 1.25 bits per heavy atom. The van der Waals surface area contributed by atoms with Gasteiger partial charge in [0.25, 0.3) is 0 Å². The molecule has 0 aliphatic heterocycles. The third-order valence-electron chi connectivity index (χ3n) is 2.53. The highest BCUT2D eigenvalue weighted by atomic mass is 16.5. The molecule has 16 heavy (non-hydrogen) atoms. The summed E-state index contributed by atoms with van der Waals surface area (Å²) in [5.74, 6) is 0.221. The lowest BCUT2D eigenvalue weighted by molar-refractivity contribution is 0.135. The molecule has 3 heteroatoms.